The van der Waals surface area contributed by atoms with Crippen molar-refractivity contribution >= 4 is 17.5 Å². The molecule has 0 aliphatic carbocycles. The molecule has 3 heterocycles. The zero-order valence-corrected chi connectivity index (χ0v) is 16.4. The summed E-state index contributed by atoms with van der Waals surface area (Å²) in [5.41, 5.74) is 0.979. The summed E-state index contributed by atoms with van der Waals surface area (Å²) in [6.45, 7) is 1.33. The largest absolute Gasteiger partial charge is 0.454 e. The molecule has 0 spiro atoms. The number of carbonyl (C=O) groups excluding carboxylic acids is 2. The zero-order valence-electron chi connectivity index (χ0n) is 16.4. The first-order valence-corrected chi connectivity index (χ1v) is 10.1. The van der Waals surface area contributed by atoms with Gasteiger partial charge in [0, 0.05) is 19.2 Å². The van der Waals surface area contributed by atoms with E-state index in [4.69, 9.17) is 9.47 Å². The second kappa shape index (κ2) is 7.15. The molecule has 7 heteroatoms. The third-order valence-corrected chi connectivity index (χ3v) is 6.37. The number of benzene rings is 2. The van der Waals surface area contributed by atoms with E-state index in [9.17, 15) is 14.9 Å². The fraction of sp³-hybridized carbons (Fsp3) is 0.348. The molecule has 0 unspecified atom stereocenters. The van der Waals surface area contributed by atoms with Crippen LogP contribution in [0.5, 0.6) is 11.5 Å². The van der Waals surface area contributed by atoms with Crippen LogP contribution in [0.1, 0.15) is 24.8 Å². The fourth-order valence-corrected chi connectivity index (χ4v) is 4.64. The fourth-order valence-electron chi connectivity index (χ4n) is 4.64. The maximum absolute atomic E-state index is 13.1. The van der Waals surface area contributed by atoms with Gasteiger partial charge in [0.2, 0.25) is 12.7 Å². The van der Waals surface area contributed by atoms with Gasteiger partial charge in [0.15, 0.2) is 11.5 Å². The number of anilines is 1. The highest BCUT2D eigenvalue weighted by molar-refractivity contribution is 6.22. The van der Waals surface area contributed by atoms with Crippen LogP contribution in [-0.2, 0) is 15.0 Å². The highest BCUT2D eigenvalue weighted by Gasteiger charge is 2.46. The van der Waals surface area contributed by atoms with E-state index in [0.717, 1.165) is 5.56 Å². The van der Waals surface area contributed by atoms with E-state index in [2.05, 4.69) is 6.07 Å². The number of fused-ring (bicyclic) bond motifs is 1. The van der Waals surface area contributed by atoms with Crippen molar-refractivity contribution in [3.05, 3.63) is 54.1 Å². The van der Waals surface area contributed by atoms with Crippen molar-refractivity contribution in [2.24, 2.45) is 0 Å². The molecular formula is C23H21N3O4. The molecule has 0 bridgehead atoms. The summed E-state index contributed by atoms with van der Waals surface area (Å²) in [5.74, 6) is 0.711. The molecule has 152 valence electrons. The maximum atomic E-state index is 13.1. The first kappa shape index (κ1) is 18.6. The van der Waals surface area contributed by atoms with E-state index >= 15 is 0 Å². The summed E-state index contributed by atoms with van der Waals surface area (Å²) in [6.07, 6.45) is 1.42. The Morgan fingerprint density at radius 1 is 1.00 bits per heavy atom. The lowest BCUT2D eigenvalue weighted by Gasteiger charge is -2.39. The summed E-state index contributed by atoms with van der Waals surface area (Å²) in [6, 6.07) is 16.9. The molecule has 30 heavy (non-hydrogen) atoms. The second-order valence-electron chi connectivity index (χ2n) is 7.92. The standard InChI is InChI=1S/C23H21N3O4/c24-14-23(16-4-2-1-3-5-16)8-10-25(11-9-23)18-13-21(27)26(22(18)28)17-6-7-19-20(12-17)30-15-29-19/h1-7,12,18H,8-11,13,15H2/t18-/m1/s1. The van der Waals surface area contributed by atoms with Crippen molar-refractivity contribution in [3.63, 3.8) is 0 Å². The van der Waals surface area contributed by atoms with E-state index in [-0.39, 0.29) is 25.0 Å². The molecule has 1 atom stereocenters. The Bertz CT molecular complexity index is 1040. The van der Waals surface area contributed by atoms with Gasteiger partial charge < -0.3 is 9.47 Å². The molecule has 2 aromatic rings. The zero-order chi connectivity index (χ0) is 20.7. The predicted molar refractivity (Wildman–Crippen MR) is 108 cm³/mol. The molecule has 0 N–H and O–H groups in total. The van der Waals surface area contributed by atoms with Gasteiger partial charge in [-0.05, 0) is 30.5 Å². The van der Waals surface area contributed by atoms with Gasteiger partial charge in [-0.15, -0.1) is 0 Å². The summed E-state index contributed by atoms with van der Waals surface area (Å²) in [4.78, 5) is 29.1. The van der Waals surface area contributed by atoms with Crippen LogP contribution < -0.4 is 14.4 Å². The maximum Gasteiger partial charge on any atom is 0.251 e. The SMILES string of the molecule is N#CC1(c2ccccc2)CCN([C@@H]2CC(=O)N(c3ccc4c(c3)OCO4)C2=O)CC1. The van der Waals surface area contributed by atoms with Crippen molar-refractivity contribution in [3.8, 4) is 17.6 Å². The van der Waals surface area contributed by atoms with Crippen LogP contribution >= 0.6 is 0 Å². The smallest absolute Gasteiger partial charge is 0.251 e. The number of likely N-dealkylation sites (tertiary alicyclic amines) is 1. The van der Waals surface area contributed by atoms with Crippen molar-refractivity contribution in [1.29, 1.82) is 5.26 Å². The van der Waals surface area contributed by atoms with Crippen LogP contribution in [-0.4, -0.2) is 42.6 Å². The number of ether oxygens (including phenoxy) is 2. The van der Waals surface area contributed by atoms with Gasteiger partial charge in [-0.1, -0.05) is 30.3 Å². The first-order chi connectivity index (χ1) is 14.6. The average molecular weight is 403 g/mol. The van der Waals surface area contributed by atoms with E-state index in [1.807, 2.05) is 35.2 Å². The van der Waals surface area contributed by atoms with E-state index in [1.165, 1.54) is 4.90 Å². The van der Waals surface area contributed by atoms with Crippen LogP contribution in [0.2, 0.25) is 0 Å². The third kappa shape index (κ3) is 2.92. The molecule has 3 aliphatic rings. The topological polar surface area (TPSA) is 82.9 Å². The second-order valence-corrected chi connectivity index (χ2v) is 7.92. The summed E-state index contributed by atoms with van der Waals surface area (Å²) in [5, 5.41) is 9.89. The molecule has 2 fully saturated rings. The Morgan fingerprint density at radius 3 is 2.47 bits per heavy atom. The Balaban J connectivity index is 1.33. The molecule has 7 nitrogen and oxygen atoms in total. The van der Waals surface area contributed by atoms with Crippen molar-refractivity contribution in [2.45, 2.75) is 30.7 Å². The lowest BCUT2D eigenvalue weighted by atomic mass is 9.74. The van der Waals surface area contributed by atoms with Gasteiger partial charge in [0.1, 0.15) is 0 Å². The molecule has 0 aromatic heterocycles. The number of carbonyl (C=O) groups is 2. The number of imide groups is 1. The van der Waals surface area contributed by atoms with Crippen LogP contribution in [0, 0.1) is 11.3 Å². The monoisotopic (exact) mass is 403 g/mol. The Morgan fingerprint density at radius 2 is 1.73 bits per heavy atom. The lowest BCUT2D eigenvalue weighted by Crippen LogP contribution is -2.49. The number of piperidine rings is 1. The van der Waals surface area contributed by atoms with Crippen molar-refractivity contribution in [2.75, 3.05) is 24.8 Å². The van der Waals surface area contributed by atoms with Crippen LogP contribution in [0.3, 0.4) is 0 Å². The van der Waals surface area contributed by atoms with Crippen molar-refractivity contribution < 1.29 is 19.1 Å². The molecule has 0 saturated carbocycles. The highest BCUT2D eigenvalue weighted by Crippen LogP contribution is 2.39. The molecule has 2 saturated heterocycles. The Kier molecular flexibility index (Phi) is 4.44. The Labute approximate surface area is 174 Å². The molecule has 2 amide bonds. The van der Waals surface area contributed by atoms with E-state index < -0.39 is 11.5 Å². The normalized spacial score (nSPS) is 22.9. The minimum atomic E-state index is -0.541. The highest BCUT2D eigenvalue weighted by atomic mass is 16.7. The van der Waals surface area contributed by atoms with Crippen LogP contribution in [0.4, 0.5) is 5.69 Å². The number of amides is 2. The quantitative estimate of drug-likeness (QED) is 0.733. The molecule has 3 aliphatic heterocycles. The number of hydrogen-bond acceptors (Lipinski definition) is 6. The third-order valence-electron chi connectivity index (χ3n) is 6.37. The van der Waals surface area contributed by atoms with Gasteiger partial charge in [0.25, 0.3) is 5.91 Å². The molecule has 0 radical (unpaired) electrons. The molecular weight excluding hydrogens is 382 g/mol. The van der Waals surface area contributed by atoms with Crippen molar-refractivity contribution in [1.82, 2.24) is 4.90 Å². The van der Waals surface area contributed by atoms with Gasteiger partial charge in [-0.2, -0.15) is 5.26 Å². The number of nitriles is 1. The molecule has 2 aromatic carbocycles. The summed E-state index contributed by atoms with van der Waals surface area (Å²) < 4.78 is 10.7. The van der Waals surface area contributed by atoms with Gasteiger partial charge >= 0.3 is 0 Å². The summed E-state index contributed by atoms with van der Waals surface area (Å²) >= 11 is 0. The number of nitrogens with zero attached hydrogens (tertiary/aromatic N) is 3. The minimum Gasteiger partial charge on any atom is -0.454 e. The van der Waals surface area contributed by atoms with E-state index in [1.54, 1.807) is 18.2 Å². The first-order valence-electron chi connectivity index (χ1n) is 10.1. The lowest BCUT2D eigenvalue weighted by molar-refractivity contribution is -0.123. The van der Waals surface area contributed by atoms with Crippen LogP contribution in [0.25, 0.3) is 0 Å². The number of hydrogen-bond donors (Lipinski definition) is 0. The van der Waals surface area contributed by atoms with Crippen LogP contribution in [0.15, 0.2) is 48.5 Å². The predicted octanol–water partition coefficient (Wildman–Crippen LogP) is 2.60. The molecule has 5 rings (SSSR count). The number of rotatable bonds is 3. The van der Waals surface area contributed by atoms with Gasteiger partial charge in [-0.3, -0.25) is 14.5 Å². The van der Waals surface area contributed by atoms with E-state index in [0.29, 0.717) is 43.1 Å². The average Bonchev–Trinajstić information content (AvgIpc) is 3.37. The Hall–Kier alpha value is -3.37. The van der Waals surface area contributed by atoms with Gasteiger partial charge in [0.05, 0.1) is 29.6 Å². The van der Waals surface area contributed by atoms with Gasteiger partial charge in [-0.25, -0.2) is 4.90 Å². The summed E-state index contributed by atoms with van der Waals surface area (Å²) in [7, 11) is 0. The minimum absolute atomic E-state index is 0.138.